The number of unbranched alkanes of at least 4 members (excludes halogenated alkanes) is 4. The molecule has 0 radical (unpaired) electrons. The van der Waals surface area contributed by atoms with Crippen LogP contribution in [0.2, 0.25) is 0 Å². The van der Waals surface area contributed by atoms with Gasteiger partial charge in [0.05, 0.1) is 4.90 Å². The van der Waals surface area contributed by atoms with Gasteiger partial charge in [0.25, 0.3) is 10.0 Å². The molecule has 0 unspecified atom stereocenters. The fourth-order valence-corrected chi connectivity index (χ4v) is 3.61. The minimum absolute atomic E-state index is 0.0421. The van der Waals surface area contributed by atoms with Gasteiger partial charge in [-0.15, -0.1) is 0 Å². The summed E-state index contributed by atoms with van der Waals surface area (Å²) in [6.07, 6.45) is 5.96. The summed E-state index contributed by atoms with van der Waals surface area (Å²) in [5.41, 5.74) is 1.11. The molecule has 2 N–H and O–H groups in total. The quantitative estimate of drug-likeness (QED) is 0.587. The van der Waals surface area contributed by atoms with E-state index in [0.717, 1.165) is 19.3 Å². The summed E-state index contributed by atoms with van der Waals surface area (Å²) in [5.74, 6) is -0.0421. The van der Waals surface area contributed by atoms with Gasteiger partial charge in [-0.3, -0.25) is 9.52 Å². The van der Waals surface area contributed by atoms with E-state index in [-0.39, 0.29) is 10.8 Å². The highest BCUT2D eigenvalue weighted by atomic mass is 32.2. The van der Waals surface area contributed by atoms with Crippen LogP contribution in [0.5, 0.6) is 0 Å². The van der Waals surface area contributed by atoms with Gasteiger partial charge in [-0.1, -0.05) is 50.8 Å². The number of anilines is 2. The minimum atomic E-state index is -3.64. The Morgan fingerprint density at radius 2 is 1.50 bits per heavy atom. The molecule has 0 aliphatic heterocycles. The highest BCUT2D eigenvalue weighted by molar-refractivity contribution is 7.92. The van der Waals surface area contributed by atoms with Crippen molar-refractivity contribution in [1.29, 1.82) is 0 Å². The predicted octanol–water partition coefficient (Wildman–Crippen LogP) is 4.79. The molecule has 0 aliphatic rings. The number of nitrogens with one attached hydrogen (secondary N) is 2. The summed E-state index contributed by atoms with van der Waals surface area (Å²) in [5, 5.41) is 2.81. The maximum Gasteiger partial charge on any atom is 0.261 e. The van der Waals surface area contributed by atoms with Crippen molar-refractivity contribution in [3.8, 4) is 0 Å². The molecule has 0 saturated heterocycles. The lowest BCUT2D eigenvalue weighted by molar-refractivity contribution is -0.116. The summed E-state index contributed by atoms with van der Waals surface area (Å²) < 4.78 is 27.3. The van der Waals surface area contributed by atoms with Gasteiger partial charge in [0.1, 0.15) is 0 Å². The summed E-state index contributed by atoms with van der Waals surface area (Å²) in [6, 6.07) is 14.9. The molecule has 0 atom stereocenters. The third-order valence-electron chi connectivity index (χ3n) is 3.98. The van der Waals surface area contributed by atoms with Gasteiger partial charge in [0, 0.05) is 17.8 Å². The van der Waals surface area contributed by atoms with Crippen LogP contribution in [0.25, 0.3) is 0 Å². The second-order valence-corrected chi connectivity index (χ2v) is 7.89. The summed E-state index contributed by atoms with van der Waals surface area (Å²) >= 11 is 0. The Labute approximate surface area is 155 Å². The smallest absolute Gasteiger partial charge is 0.261 e. The van der Waals surface area contributed by atoms with E-state index < -0.39 is 10.0 Å². The molecule has 140 valence electrons. The molecule has 2 rings (SSSR count). The average Bonchev–Trinajstić information content (AvgIpc) is 2.62. The van der Waals surface area contributed by atoms with Crippen molar-refractivity contribution < 1.29 is 13.2 Å². The Bertz CT molecular complexity index is 788. The van der Waals surface area contributed by atoms with Crippen molar-refractivity contribution >= 4 is 27.3 Å². The molecule has 0 spiro atoms. The molecule has 0 aliphatic carbocycles. The van der Waals surface area contributed by atoms with Crippen molar-refractivity contribution in [2.24, 2.45) is 0 Å². The maximum absolute atomic E-state index is 12.4. The highest BCUT2D eigenvalue weighted by Gasteiger charge is 2.14. The van der Waals surface area contributed by atoms with Gasteiger partial charge in [-0.25, -0.2) is 8.42 Å². The van der Waals surface area contributed by atoms with Crippen molar-refractivity contribution in [1.82, 2.24) is 0 Å². The predicted molar refractivity (Wildman–Crippen MR) is 106 cm³/mol. The lowest BCUT2D eigenvalue weighted by Gasteiger charge is -2.09. The molecular formula is C20H26N2O3S. The molecule has 2 aromatic carbocycles. The Morgan fingerprint density at radius 3 is 2.15 bits per heavy atom. The second kappa shape index (κ2) is 9.97. The lowest BCUT2D eigenvalue weighted by atomic mass is 10.1. The molecular weight excluding hydrogens is 348 g/mol. The average molecular weight is 375 g/mol. The van der Waals surface area contributed by atoms with Gasteiger partial charge >= 0.3 is 0 Å². The van der Waals surface area contributed by atoms with E-state index in [1.54, 1.807) is 36.4 Å². The highest BCUT2D eigenvalue weighted by Crippen LogP contribution is 2.18. The van der Waals surface area contributed by atoms with Crippen LogP contribution in [0.1, 0.15) is 45.4 Å². The molecule has 0 aromatic heterocycles. The lowest BCUT2D eigenvalue weighted by Crippen LogP contribution is -2.14. The monoisotopic (exact) mass is 374 g/mol. The van der Waals surface area contributed by atoms with Crippen LogP contribution in [0.3, 0.4) is 0 Å². The molecule has 5 nitrogen and oxygen atoms in total. The third kappa shape index (κ3) is 6.52. The number of hydrogen-bond acceptors (Lipinski definition) is 3. The first kappa shape index (κ1) is 20.0. The Hall–Kier alpha value is -2.34. The zero-order valence-corrected chi connectivity index (χ0v) is 15.9. The van der Waals surface area contributed by atoms with Gasteiger partial charge in [0.15, 0.2) is 0 Å². The van der Waals surface area contributed by atoms with E-state index in [9.17, 15) is 13.2 Å². The number of carbonyl (C=O) groups is 1. The molecule has 0 heterocycles. The van der Waals surface area contributed by atoms with Crippen LogP contribution >= 0.6 is 0 Å². The number of carbonyl (C=O) groups excluding carboxylic acids is 1. The Morgan fingerprint density at radius 1 is 0.846 bits per heavy atom. The van der Waals surface area contributed by atoms with Crippen molar-refractivity contribution in [3.63, 3.8) is 0 Å². The van der Waals surface area contributed by atoms with E-state index in [4.69, 9.17) is 0 Å². The molecule has 1 amide bonds. The van der Waals surface area contributed by atoms with Crippen LogP contribution in [0.4, 0.5) is 11.4 Å². The molecule has 2 aromatic rings. The fraction of sp³-hybridized carbons (Fsp3) is 0.350. The van der Waals surface area contributed by atoms with Gasteiger partial charge in [-0.05, 0) is 42.8 Å². The topological polar surface area (TPSA) is 75.3 Å². The first-order chi connectivity index (χ1) is 12.5. The van der Waals surface area contributed by atoms with Crippen LogP contribution in [-0.4, -0.2) is 14.3 Å². The van der Waals surface area contributed by atoms with E-state index in [1.165, 1.54) is 25.0 Å². The summed E-state index contributed by atoms with van der Waals surface area (Å²) in [6.45, 7) is 2.16. The second-order valence-electron chi connectivity index (χ2n) is 6.21. The largest absolute Gasteiger partial charge is 0.326 e. The number of hydrogen-bond donors (Lipinski definition) is 2. The molecule has 6 heteroatoms. The Kier molecular flexibility index (Phi) is 7.66. The van der Waals surface area contributed by atoms with E-state index in [2.05, 4.69) is 17.0 Å². The first-order valence-electron chi connectivity index (χ1n) is 8.99. The number of amides is 1. The molecule has 0 fully saturated rings. The molecule has 26 heavy (non-hydrogen) atoms. The van der Waals surface area contributed by atoms with Gasteiger partial charge in [-0.2, -0.15) is 0 Å². The van der Waals surface area contributed by atoms with Crippen molar-refractivity contribution in [2.75, 3.05) is 10.0 Å². The summed E-state index contributed by atoms with van der Waals surface area (Å²) in [4.78, 5) is 12.1. The third-order valence-corrected chi connectivity index (χ3v) is 5.38. The van der Waals surface area contributed by atoms with E-state index >= 15 is 0 Å². The zero-order valence-electron chi connectivity index (χ0n) is 15.1. The van der Waals surface area contributed by atoms with Crippen LogP contribution in [0.15, 0.2) is 59.5 Å². The summed E-state index contributed by atoms with van der Waals surface area (Å²) in [7, 11) is -3.64. The van der Waals surface area contributed by atoms with E-state index in [1.807, 2.05) is 6.07 Å². The number of rotatable bonds is 10. The number of para-hydroxylation sites is 1. The number of benzene rings is 2. The van der Waals surface area contributed by atoms with Crippen molar-refractivity contribution in [2.45, 2.75) is 50.3 Å². The zero-order chi connectivity index (χ0) is 18.8. The fourth-order valence-electron chi connectivity index (χ4n) is 2.55. The maximum atomic E-state index is 12.4. The van der Waals surface area contributed by atoms with Crippen LogP contribution < -0.4 is 10.0 Å². The normalized spacial score (nSPS) is 11.1. The number of sulfonamides is 1. The molecule has 0 saturated carbocycles. The standard InChI is InChI=1S/C20H26N2O3S/c1-2-3-4-5-9-12-20(23)21-17-13-15-19(16-14-17)26(24,25)22-18-10-7-6-8-11-18/h6-8,10-11,13-16,22H,2-5,9,12H2,1H3,(H,21,23). The van der Waals surface area contributed by atoms with E-state index in [0.29, 0.717) is 17.8 Å². The van der Waals surface area contributed by atoms with Crippen LogP contribution in [-0.2, 0) is 14.8 Å². The minimum Gasteiger partial charge on any atom is -0.326 e. The SMILES string of the molecule is CCCCCCCC(=O)Nc1ccc(S(=O)(=O)Nc2ccccc2)cc1. The Balaban J connectivity index is 1.88. The molecule has 0 bridgehead atoms. The van der Waals surface area contributed by atoms with Gasteiger partial charge in [0.2, 0.25) is 5.91 Å². The van der Waals surface area contributed by atoms with Crippen molar-refractivity contribution in [3.05, 3.63) is 54.6 Å². The first-order valence-corrected chi connectivity index (χ1v) is 10.5. The van der Waals surface area contributed by atoms with Gasteiger partial charge < -0.3 is 5.32 Å². The van der Waals surface area contributed by atoms with Crippen LogP contribution in [0, 0.1) is 0 Å².